The smallest absolute Gasteiger partial charge is 0.307 e. The Kier molecular flexibility index (Phi) is 9.45. The second kappa shape index (κ2) is 13.4. The Bertz CT molecular complexity index is 1350. The van der Waals surface area contributed by atoms with E-state index in [9.17, 15) is 9.59 Å². The lowest BCUT2D eigenvalue weighted by molar-refractivity contribution is -0.142. The molecular weight excluding hydrogens is 492 g/mol. The van der Waals surface area contributed by atoms with E-state index in [0.717, 1.165) is 28.8 Å². The third-order valence-electron chi connectivity index (χ3n) is 6.56. The number of esters is 1. The molecule has 0 saturated heterocycles. The van der Waals surface area contributed by atoms with Gasteiger partial charge >= 0.3 is 5.97 Å². The zero-order valence-electron chi connectivity index (χ0n) is 22.5. The topological polar surface area (TPSA) is 106 Å². The summed E-state index contributed by atoms with van der Waals surface area (Å²) >= 11 is 0. The summed E-state index contributed by atoms with van der Waals surface area (Å²) in [5, 5.41) is 14.8. The van der Waals surface area contributed by atoms with Gasteiger partial charge in [0, 0.05) is 28.9 Å². The molecule has 8 heteroatoms. The molecule has 4 aromatic rings. The molecule has 8 nitrogen and oxygen atoms in total. The molecule has 0 fully saturated rings. The summed E-state index contributed by atoms with van der Waals surface area (Å²) in [4.78, 5) is 23.9. The summed E-state index contributed by atoms with van der Waals surface area (Å²) in [5.41, 5.74) is 4.32. The normalized spacial score (nSPS) is 12.4. The summed E-state index contributed by atoms with van der Waals surface area (Å²) in [7, 11) is 0. The van der Waals surface area contributed by atoms with Gasteiger partial charge in [-0.3, -0.25) is 9.59 Å². The highest BCUT2D eigenvalue weighted by molar-refractivity contribution is 5.94. The molecule has 202 valence electrons. The Morgan fingerprint density at radius 1 is 0.872 bits per heavy atom. The first-order valence-electron chi connectivity index (χ1n) is 13.3. The maximum absolute atomic E-state index is 12.4. The van der Waals surface area contributed by atoms with E-state index >= 15 is 0 Å². The minimum atomic E-state index is -0.324. The number of aromatic nitrogens is 2. The number of hydrogen-bond acceptors (Lipinski definition) is 7. The van der Waals surface area contributed by atoms with Gasteiger partial charge in [0.25, 0.3) is 5.91 Å². The van der Waals surface area contributed by atoms with Crippen molar-refractivity contribution in [2.45, 2.75) is 39.7 Å². The Balaban J connectivity index is 1.41. The molecule has 1 amide bonds. The second-order valence-electron chi connectivity index (χ2n) is 9.30. The van der Waals surface area contributed by atoms with Crippen molar-refractivity contribution in [3.63, 3.8) is 0 Å². The number of nitrogens with zero attached hydrogens (tertiary/aromatic N) is 2. The van der Waals surface area contributed by atoms with Gasteiger partial charge in [0.15, 0.2) is 0 Å². The van der Waals surface area contributed by atoms with E-state index in [0.29, 0.717) is 29.9 Å². The van der Waals surface area contributed by atoms with Gasteiger partial charge in [-0.2, -0.15) is 0 Å². The zero-order valence-corrected chi connectivity index (χ0v) is 22.5. The van der Waals surface area contributed by atoms with Crippen LogP contribution in [0.1, 0.15) is 55.6 Å². The molecular formula is C31H34N4O4. The van der Waals surface area contributed by atoms with Gasteiger partial charge in [-0.25, -0.2) is 0 Å². The van der Waals surface area contributed by atoms with E-state index in [4.69, 9.17) is 9.15 Å². The van der Waals surface area contributed by atoms with Gasteiger partial charge < -0.3 is 19.8 Å². The number of anilines is 1. The van der Waals surface area contributed by atoms with Crippen LogP contribution in [0.5, 0.6) is 0 Å². The molecule has 1 heterocycles. The van der Waals surface area contributed by atoms with Crippen molar-refractivity contribution in [2.24, 2.45) is 5.92 Å². The summed E-state index contributed by atoms with van der Waals surface area (Å²) < 4.78 is 10.8. The van der Waals surface area contributed by atoms with Gasteiger partial charge in [0.2, 0.25) is 11.8 Å². The van der Waals surface area contributed by atoms with E-state index in [-0.39, 0.29) is 30.9 Å². The molecule has 2 unspecified atom stereocenters. The van der Waals surface area contributed by atoms with E-state index in [1.54, 1.807) is 19.1 Å². The Morgan fingerprint density at radius 3 is 2.13 bits per heavy atom. The lowest BCUT2D eigenvalue weighted by atomic mass is 9.91. The highest BCUT2D eigenvalue weighted by atomic mass is 16.5. The number of rotatable bonds is 12. The number of hydrogen-bond donors (Lipinski definition) is 2. The molecule has 2 N–H and O–H groups in total. The highest BCUT2D eigenvalue weighted by Gasteiger charge is 2.19. The number of amides is 1. The molecule has 3 aromatic carbocycles. The maximum atomic E-state index is 12.4. The minimum absolute atomic E-state index is 0.0656. The van der Waals surface area contributed by atoms with Crippen LogP contribution < -0.4 is 10.6 Å². The largest absolute Gasteiger partial charge is 0.466 e. The molecule has 0 radical (unpaired) electrons. The molecule has 2 atom stereocenters. The van der Waals surface area contributed by atoms with Crippen LogP contribution in [0.25, 0.3) is 22.9 Å². The average molecular weight is 527 g/mol. The van der Waals surface area contributed by atoms with Crippen molar-refractivity contribution in [3.05, 3.63) is 90.0 Å². The fourth-order valence-corrected chi connectivity index (χ4v) is 4.17. The SMILES string of the molecule is CCOC(=O)CCNC(=O)c1ccc(NC(c2ccc(-c3nnc(-c4ccccc4)o3)cc2)C(C)CC)cc1. The van der Waals surface area contributed by atoms with E-state index in [2.05, 4.69) is 46.8 Å². The minimum Gasteiger partial charge on any atom is -0.466 e. The van der Waals surface area contributed by atoms with Gasteiger partial charge in [0.05, 0.1) is 19.1 Å². The summed E-state index contributed by atoms with van der Waals surface area (Å²) in [5.74, 6) is 0.774. The van der Waals surface area contributed by atoms with E-state index in [1.807, 2.05) is 54.6 Å². The van der Waals surface area contributed by atoms with Crippen LogP contribution in [0.15, 0.2) is 83.3 Å². The van der Waals surface area contributed by atoms with Gasteiger partial charge in [-0.1, -0.05) is 50.6 Å². The molecule has 0 saturated carbocycles. The van der Waals surface area contributed by atoms with Crippen molar-refractivity contribution in [1.29, 1.82) is 0 Å². The first-order chi connectivity index (χ1) is 19.0. The molecule has 0 aliphatic rings. The van der Waals surface area contributed by atoms with Crippen LogP contribution in [0, 0.1) is 5.92 Å². The quantitative estimate of drug-likeness (QED) is 0.209. The number of ether oxygens (including phenoxy) is 1. The maximum Gasteiger partial charge on any atom is 0.307 e. The van der Waals surface area contributed by atoms with Gasteiger partial charge in [-0.05, 0) is 66.9 Å². The van der Waals surface area contributed by atoms with Crippen LogP contribution in [0.4, 0.5) is 5.69 Å². The first-order valence-corrected chi connectivity index (χ1v) is 13.3. The van der Waals surface area contributed by atoms with Crippen molar-refractivity contribution in [3.8, 4) is 22.9 Å². The molecule has 0 aliphatic carbocycles. The summed E-state index contributed by atoms with van der Waals surface area (Å²) in [6.07, 6.45) is 1.14. The summed E-state index contributed by atoms with van der Waals surface area (Å²) in [6.45, 7) is 6.70. The number of carbonyl (C=O) groups is 2. The third kappa shape index (κ3) is 7.31. The fraction of sp³-hybridized carbons (Fsp3) is 0.290. The molecule has 0 spiro atoms. The number of carbonyl (C=O) groups excluding carboxylic acids is 2. The molecule has 1 aromatic heterocycles. The van der Waals surface area contributed by atoms with Crippen LogP contribution >= 0.6 is 0 Å². The van der Waals surface area contributed by atoms with Crippen molar-refractivity contribution in [2.75, 3.05) is 18.5 Å². The third-order valence-corrected chi connectivity index (χ3v) is 6.56. The van der Waals surface area contributed by atoms with Gasteiger partial charge in [-0.15, -0.1) is 10.2 Å². The molecule has 39 heavy (non-hydrogen) atoms. The Morgan fingerprint density at radius 2 is 1.51 bits per heavy atom. The Labute approximate surface area is 228 Å². The predicted molar refractivity (Wildman–Crippen MR) is 151 cm³/mol. The van der Waals surface area contributed by atoms with Crippen molar-refractivity contribution >= 4 is 17.6 Å². The van der Waals surface area contributed by atoms with Crippen molar-refractivity contribution in [1.82, 2.24) is 15.5 Å². The fourth-order valence-electron chi connectivity index (χ4n) is 4.17. The van der Waals surface area contributed by atoms with Crippen LogP contribution in [-0.2, 0) is 9.53 Å². The highest BCUT2D eigenvalue weighted by Crippen LogP contribution is 2.31. The average Bonchev–Trinajstić information content (AvgIpc) is 3.47. The van der Waals surface area contributed by atoms with Crippen LogP contribution in [-0.4, -0.2) is 35.2 Å². The van der Waals surface area contributed by atoms with Crippen LogP contribution in [0.2, 0.25) is 0 Å². The van der Waals surface area contributed by atoms with E-state index in [1.165, 1.54) is 0 Å². The molecule has 0 bridgehead atoms. The second-order valence-corrected chi connectivity index (χ2v) is 9.30. The van der Waals surface area contributed by atoms with Crippen molar-refractivity contribution < 1.29 is 18.7 Å². The Hall–Kier alpha value is -4.46. The summed E-state index contributed by atoms with van der Waals surface area (Å²) in [6, 6.07) is 25.3. The number of nitrogens with one attached hydrogen (secondary N) is 2. The van der Waals surface area contributed by atoms with E-state index < -0.39 is 0 Å². The standard InChI is InChI=1S/C31H34N4O4/c1-4-21(3)28(33-26-17-15-23(16-18-26)29(37)32-20-19-27(36)38-5-2)22-11-13-25(14-12-22)31-35-34-30(39-31)24-9-7-6-8-10-24/h6-18,21,28,33H,4-5,19-20H2,1-3H3,(H,32,37). The zero-order chi connectivity index (χ0) is 27.6. The molecule has 4 rings (SSSR count). The monoisotopic (exact) mass is 526 g/mol. The number of benzene rings is 3. The van der Waals surface area contributed by atoms with Crippen LogP contribution in [0.3, 0.4) is 0 Å². The first kappa shape index (κ1) is 27.6. The lowest BCUT2D eigenvalue weighted by Crippen LogP contribution is -2.26. The predicted octanol–water partition coefficient (Wildman–Crippen LogP) is 6.29. The van der Waals surface area contributed by atoms with Gasteiger partial charge in [0.1, 0.15) is 0 Å². The lowest BCUT2D eigenvalue weighted by Gasteiger charge is -2.26. The molecule has 0 aliphatic heterocycles.